The van der Waals surface area contributed by atoms with E-state index in [1.807, 2.05) is 151 Å². The molecule has 0 radical (unpaired) electrons. The van der Waals surface area contributed by atoms with Gasteiger partial charge in [-0.25, -0.2) is 4.98 Å². The molecular formula is C80H95B3Br3ClN8O18S. The third kappa shape index (κ3) is 24.2. The molecule has 2 aromatic heterocycles. The summed E-state index contributed by atoms with van der Waals surface area (Å²) in [6, 6.07) is 34.5. The van der Waals surface area contributed by atoms with Crippen LogP contribution >= 0.6 is 70.7 Å². The van der Waals surface area contributed by atoms with Gasteiger partial charge in [0.25, 0.3) is 5.91 Å². The number of nitrogens with two attached hydrogens (primary N) is 1. The molecule has 3 fully saturated rings. The lowest BCUT2D eigenvalue weighted by Gasteiger charge is -2.32. The maximum absolute atomic E-state index is 12.6. The van der Waals surface area contributed by atoms with Crippen molar-refractivity contribution >= 4 is 181 Å². The molecule has 12 rings (SSSR count). The number of hydrogen-bond donors (Lipinski definition) is 6. The Morgan fingerprint density at radius 3 is 1.44 bits per heavy atom. The second-order valence-corrected chi connectivity index (χ2v) is 32.5. The number of hydrogen-bond acceptors (Lipinski definition) is 22. The number of nitrogen functional groups attached to an aromatic ring is 1. The second kappa shape index (κ2) is 40.4. The Kier molecular flexibility index (Phi) is 33.3. The molecule has 0 saturated carbocycles. The first kappa shape index (κ1) is 93.7. The number of amides is 4. The van der Waals surface area contributed by atoms with Crippen molar-refractivity contribution in [3.8, 4) is 40.0 Å². The number of methoxy groups -OCH3 is 5. The molecule has 4 aliphatic heterocycles. The highest BCUT2D eigenvalue weighted by atomic mass is 79.9. The van der Waals surface area contributed by atoms with Crippen LogP contribution < -0.4 is 61.5 Å². The minimum atomic E-state index is -0.509. The summed E-state index contributed by atoms with van der Waals surface area (Å²) in [5.74, 6) is 1.78. The Morgan fingerprint density at radius 1 is 0.579 bits per heavy atom. The number of benzene rings is 6. The summed E-state index contributed by atoms with van der Waals surface area (Å²) in [5, 5.41) is 26.5. The molecule has 114 heavy (non-hydrogen) atoms. The zero-order valence-electron chi connectivity index (χ0n) is 66.9. The standard InChI is InChI=1S/C25H22N4O3S.C16H22BNO4.C12H24B2O4.C10H10BrNO2.C7H6BrNO3.C7H8BrNO.C3H3ClO/c1-4-21(30)29-18-11-14(5-9-19(18)32-3)16-7-6-15-17(28-16)8-10-20-22(15)23-24(33-20)25(31)27-13(2)12-26-23;1-7-14(19)18-12-10-11(8-9-13(12)20-6)17-21-15(2,3)16(4,5)22-17;1-9(2)10(3,4)16-13(15-9)14-17-11(5,6)12(7,8)18-14;1-3-10(13)12-8-6-7(11)4-5-9(8)14-2;1-12-7-3-2-5(8)4-6(7)9(10)11;1-10-7-3-2-5(8)4-6(7)9;1-2-3(4)5/h4-11,13,26H,1,12H2,2-3H3,(H,27,31)(H,29,30);7-10H,1H2,2-6H3,(H,18,19);1-8H3;3-6H,1H2,2H3,(H,12,13);2-4H,1H3;2-4H,9H2,1H3;2H,1H2/t13-;;;;;;/m1....../s1. The highest BCUT2D eigenvalue weighted by Gasteiger charge is 2.64. The number of nitro groups is 1. The predicted octanol–water partition coefficient (Wildman–Crippen LogP) is 17.1. The third-order valence-electron chi connectivity index (χ3n) is 18.9. The minimum absolute atomic E-state index is 0.0353. The van der Waals surface area contributed by atoms with Crippen LogP contribution in [-0.4, -0.2) is 142 Å². The summed E-state index contributed by atoms with van der Waals surface area (Å²) in [4.78, 5) is 72.1. The van der Waals surface area contributed by atoms with Crippen LogP contribution in [0.3, 0.4) is 0 Å². The highest BCUT2D eigenvalue weighted by Crippen LogP contribution is 2.45. The number of carbonyl (C=O) groups is 5. The van der Waals surface area contributed by atoms with E-state index in [1.54, 1.807) is 77.0 Å². The molecule has 4 amide bonds. The van der Waals surface area contributed by atoms with E-state index in [9.17, 15) is 34.1 Å². The van der Waals surface area contributed by atoms with Gasteiger partial charge in [0, 0.05) is 53.1 Å². The number of nitrogens with one attached hydrogen (secondary N) is 5. The number of allylic oxidation sites excluding steroid dienone is 1. The topological polar surface area (TPSA) is 329 Å². The number of pyridine rings is 1. The first-order valence-corrected chi connectivity index (χ1v) is 38.8. The van der Waals surface area contributed by atoms with E-state index >= 15 is 0 Å². The van der Waals surface area contributed by atoms with Gasteiger partial charge in [0.1, 0.15) is 27.9 Å². The van der Waals surface area contributed by atoms with Crippen molar-refractivity contribution in [1.29, 1.82) is 0 Å². The monoisotopic (exact) mass is 1790 g/mol. The highest BCUT2D eigenvalue weighted by molar-refractivity contribution is 9.11. The molecule has 3 saturated heterocycles. The van der Waals surface area contributed by atoms with Gasteiger partial charge < -0.3 is 83.9 Å². The average Bonchev–Trinajstić information content (AvgIpc) is 1.59. The number of rotatable bonds is 16. The SMILES string of the molecule is C=CC(=O)Cl.C=CC(=O)Nc1cc(-c2ccc3c(ccc4sc5c(c43)NC[C@@H](C)NC5=O)n2)ccc1OC.C=CC(=O)Nc1cc(B2OC(C)(C)C(C)(C)O2)ccc1OC.C=CC(=O)Nc1cc(Br)ccc1OC.CC1(C)OB(B2OC(C)(C)C(C)(C)O2)OC1(C)C.COc1ccc(Br)cc1N.COc1ccc(Br)cc1[N+](=O)[O-]. The summed E-state index contributed by atoms with van der Waals surface area (Å²) in [5.41, 5.74) is 9.76. The van der Waals surface area contributed by atoms with Crippen molar-refractivity contribution < 1.29 is 80.5 Å². The van der Waals surface area contributed by atoms with Crippen LogP contribution in [0.1, 0.15) is 99.7 Å². The van der Waals surface area contributed by atoms with E-state index in [1.165, 1.54) is 42.7 Å². The summed E-state index contributed by atoms with van der Waals surface area (Å²) < 4.78 is 64.9. The molecule has 0 spiro atoms. The molecule has 26 nitrogen and oxygen atoms in total. The van der Waals surface area contributed by atoms with Crippen LogP contribution in [0.2, 0.25) is 0 Å². The number of anilines is 5. The number of thiophene rings is 1. The van der Waals surface area contributed by atoms with E-state index in [0.717, 1.165) is 58.4 Å². The Bertz CT molecular complexity index is 4800. The number of ether oxygens (including phenoxy) is 5. The molecule has 4 aliphatic rings. The zero-order chi connectivity index (χ0) is 85.2. The van der Waals surface area contributed by atoms with Gasteiger partial charge >= 0.3 is 26.8 Å². The van der Waals surface area contributed by atoms with Crippen LogP contribution in [0.15, 0.2) is 179 Å². The summed E-state index contributed by atoms with van der Waals surface area (Å²) >= 11 is 15.9. The van der Waals surface area contributed by atoms with Crippen molar-refractivity contribution in [2.75, 3.05) is 69.1 Å². The predicted molar refractivity (Wildman–Crippen MR) is 466 cm³/mol. The molecule has 606 valence electrons. The zero-order valence-corrected chi connectivity index (χ0v) is 73.2. The molecule has 6 heterocycles. The molecule has 0 bridgehead atoms. The van der Waals surface area contributed by atoms with Gasteiger partial charge in [-0.05, 0) is 235 Å². The smallest absolute Gasteiger partial charge is 0.494 e. The Balaban J connectivity index is 0.000000220. The first-order chi connectivity index (χ1) is 53.4. The van der Waals surface area contributed by atoms with Crippen molar-refractivity contribution in [2.24, 2.45) is 0 Å². The number of fused-ring (bicyclic) bond motifs is 5. The number of nitrogens with zero attached hydrogens (tertiary/aromatic N) is 2. The molecular weight excluding hydrogens is 1700 g/mol. The van der Waals surface area contributed by atoms with Gasteiger partial charge in [-0.3, -0.25) is 34.1 Å². The number of carbonyl (C=O) groups excluding carboxylic acids is 5. The quantitative estimate of drug-likeness (QED) is 0.0131. The summed E-state index contributed by atoms with van der Waals surface area (Å²) in [6.45, 7) is 40.2. The van der Waals surface area contributed by atoms with Crippen LogP contribution in [0.4, 0.5) is 34.1 Å². The molecule has 1 atom stereocenters. The molecule has 34 heteroatoms. The average molecular weight is 1800 g/mol. The van der Waals surface area contributed by atoms with Gasteiger partial charge in [0.15, 0.2) is 5.75 Å². The lowest BCUT2D eigenvalue weighted by atomic mass is 9.49. The van der Waals surface area contributed by atoms with Gasteiger partial charge in [-0.2, -0.15) is 0 Å². The largest absolute Gasteiger partial charge is 0.495 e. The molecule has 7 N–H and O–H groups in total. The van der Waals surface area contributed by atoms with Gasteiger partial charge in [0.05, 0.1) is 114 Å². The van der Waals surface area contributed by atoms with Gasteiger partial charge in [-0.15, -0.1) is 11.3 Å². The lowest BCUT2D eigenvalue weighted by molar-refractivity contribution is -0.385. The van der Waals surface area contributed by atoms with Crippen molar-refractivity contribution in [3.05, 3.63) is 194 Å². The van der Waals surface area contributed by atoms with Crippen LogP contribution in [0, 0.1) is 10.1 Å². The summed E-state index contributed by atoms with van der Waals surface area (Å²) in [6.07, 6.45) is 4.67. The van der Waals surface area contributed by atoms with E-state index in [4.69, 9.17) is 73.9 Å². The van der Waals surface area contributed by atoms with E-state index in [-0.39, 0.29) is 63.5 Å². The van der Waals surface area contributed by atoms with Crippen molar-refractivity contribution in [1.82, 2.24) is 10.3 Å². The second-order valence-electron chi connectivity index (χ2n) is 28.4. The summed E-state index contributed by atoms with van der Waals surface area (Å²) in [7, 11) is 6.20. The maximum atomic E-state index is 12.6. The number of nitro benzene ring substituents is 1. The van der Waals surface area contributed by atoms with Gasteiger partial charge in [0.2, 0.25) is 23.0 Å². The first-order valence-electron chi connectivity index (χ1n) is 35.3. The Hall–Kier alpha value is -9.12. The number of halogens is 4. The van der Waals surface area contributed by atoms with Gasteiger partial charge in [-0.1, -0.05) is 80.2 Å². The number of aromatic nitrogens is 1. The van der Waals surface area contributed by atoms with E-state index in [0.29, 0.717) is 61.6 Å². The molecule has 6 aromatic carbocycles. The normalized spacial score (nSPS) is 16.4. The molecule has 0 unspecified atom stereocenters. The van der Waals surface area contributed by atoms with E-state index in [2.05, 4.69) is 101 Å². The fourth-order valence-corrected chi connectivity index (χ4v) is 12.8. The van der Waals surface area contributed by atoms with Crippen LogP contribution in [-0.2, 0) is 47.1 Å². The Morgan fingerprint density at radius 2 is 0.991 bits per heavy atom. The molecule has 8 aromatic rings. The van der Waals surface area contributed by atoms with Crippen molar-refractivity contribution in [2.45, 2.75) is 130 Å². The minimum Gasteiger partial charge on any atom is -0.495 e. The van der Waals surface area contributed by atoms with Crippen LogP contribution in [0.25, 0.3) is 32.2 Å². The maximum Gasteiger partial charge on any atom is 0.494 e. The molecule has 0 aliphatic carbocycles. The third-order valence-corrected chi connectivity index (χ3v) is 21.7. The fourth-order valence-electron chi connectivity index (χ4n) is 10.6. The van der Waals surface area contributed by atoms with Crippen LogP contribution in [0.5, 0.6) is 28.7 Å². The Labute approximate surface area is 700 Å². The van der Waals surface area contributed by atoms with E-state index < -0.39 is 42.5 Å². The lowest BCUT2D eigenvalue weighted by Crippen LogP contribution is -2.41. The van der Waals surface area contributed by atoms with Crippen molar-refractivity contribution in [3.63, 3.8) is 0 Å². The fraction of sp³-hybridized carbons (Fsp3) is 0.325.